The van der Waals surface area contributed by atoms with Crippen LogP contribution in [0.4, 0.5) is 4.79 Å². The molecule has 0 saturated heterocycles. The van der Waals surface area contributed by atoms with Gasteiger partial charge in [-0.05, 0) is 51.3 Å². The van der Waals surface area contributed by atoms with Crippen molar-refractivity contribution < 1.29 is 14.3 Å². The normalized spacial score (nSPS) is 11.0. The second kappa shape index (κ2) is 8.55. The Kier molecular flexibility index (Phi) is 7.06. The molecule has 1 aromatic carbocycles. The van der Waals surface area contributed by atoms with Gasteiger partial charge in [-0.2, -0.15) is 0 Å². The van der Waals surface area contributed by atoms with E-state index in [-0.39, 0.29) is 0 Å². The molecule has 1 aromatic rings. The van der Waals surface area contributed by atoms with Crippen LogP contribution in [-0.4, -0.2) is 24.8 Å². The average molecular weight is 293 g/mol. The number of hydrogen-bond donors (Lipinski definition) is 1. The van der Waals surface area contributed by atoms with Crippen molar-refractivity contribution in [1.29, 1.82) is 0 Å². The first-order valence-corrected chi connectivity index (χ1v) is 7.59. The molecule has 0 aliphatic heterocycles. The van der Waals surface area contributed by atoms with Crippen LogP contribution in [0.25, 0.3) is 0 Å². The number of carbonyl (C=O) groups is 1. The van der Waals surface area contributed by atoms with Gasteiger partial charge in [0.25, 0.3) is 0 Å². The Hall–Kier alpha value is -1.71. The summed E-state index contributed by atoms with van der Waals surface area (Å²) < 4.78 is 10.7. The van der Waals surface area contributed by atoms with Gasteiger partial charge in [-0.15, -0.1) is 0 Å². The maximum atomic E-state index is 11.4. The molecule has 0 aliphatic carbocycles. The number of unbranched alkanes of at least 4 members (excludes halogenated alkanes) is 1. The molecule has 0 fully saturated rings. The summed E-state index contributed by atoms with van der Waals surface area (Å²) in [6.45, 7) is 8.55. The third-order valence-corrected chi connectivity index (χ3v) is 2.78. The summed E-state index contributed by atoms with van der Waals surface area (Å²) in [6.07, 6.45) is 3.10. The summed E-state index contributed by atoms with van der Waals surface area (Å²) in [7, 11) is 0. The van der Waals surface area contributed by atoms with Gasteiger partial charge in [0.05, 0.1) is 6.54 Å². The lowest BCUT2D eigenvalue weighted by molar-refractivity contribution is 0.0520. The van der Waals surface area contributed by atoms with E-state index in [1.165, 1.54) is 18.4 Å². The van der Waals surface area contributed by atoms with Crippen molar-refractivity contribution >= 4 is 6.09 Å². The zero-order chi connectivity index (χ0) is 15.7. The Morgan fingerprint density at radius 1 is 1.19 bits per heavy atom. The number of rotatable bonds is 7. The predicted molar refractivity (Wildman–Crippen MR) is 84.8 cm³/mol. The molecule has 0 atom stereocenters. The molecule has 1 N–H and O–H groups in total. The van der Waals surface area contributed by atoms with Crippen molar-refractivity contribution in [2.24, 2.45) is 0 Å². The first-order valence-electron chi connectivity index (χ1n) is 7.59. The molecule has 0 radical (unpaired) electrons. The smallest absolute Gasteiger partial charge is 0.407 e. The Bertz CT molecular complexity index is 421. The van der Waals surface area contributed by atoms with E-state index in [0.29, 0.717) is 13.2 Å². The molecule has 21 heavy (non-hydrogen) atoms. The number of alkyl carbamates (subject to hydrolysis) is 1. The van der Waals surface area contributed by atoms with Crippen LogP contribution in [0.5, 0.6) is 5.75 Å². The summed E-state index contributed by atoms with van der Waals surface area (Å²) >= 11 is 0. The minimum atomic E-state index is -0.473. The maximum Gasteiger partial charge on any atom is 0.407 e. The molecule has 0 saturated carbocycles. The minimum Gasteiger partial charge on any atom is -0.492 e. The van der Waals surface area contributed by atoms with Crippen LogP contribution in [0.3, 0.4) is 0 Å². The van der Waals surface area contributed by atoms with E-state index in [4.69, 9.17) is 9.47 Å². The summed E-state index contributed by atoms with van der Waals surface area (Å²) in [5.41, 5.74) is 0.857. The van der Waals surface area contributed by atoms with Crippen LogP contribution >= 0.6 is 0 Å². The summed E-state index contributed by atoms with van der Waals surface area (Å²) in [4.78, 5) is 11.4. The molecule has 1 amide bonds. The molecule has 0 bridgehead atoms. The lowest BCUT2D eigenvalue weighted by atomic mass is 10.1. The van der Waals surface area contributed by atoms with Gasteiger partial charge < -0.3 is 14.8 Å². The van der Waals surface area contributed by atoms with Crippen LogP contribution in [-0.2, 0) is 11.2 Å². The van der Waals surface area contributed by atoms with E-state index < -0.39 is 11.7 Å². The van der Waals surface area contributed by atoms with Crippen molar-refractivity contribution in [2.45, 2.75) is 52.6 Å². The summed E-state index contributed by atoms with van der Waals surface area (Å²) in [5.74, 6) is 0.821. The first-order chi connectivity index (χ1) is 9.90. The van der Waals surface area contributed by atoms with Gasteiger partial charge in [0.1, 0.15) is 18.0 Å². The topological polar surface area (TPSA) is 47.6 Å². The van der Waals surface area contributed by atoms with Gasteiger partial charge in [0, 0.05) is 0 Å². The third kappa shape index (κ3) is 8.23. The highest BCUT2D eigenvalue weighted by Crippen LogP contribution is 2.13. The molecule has 0 unspecified atom stereocenters. The maximum absolute atomic E-state index is 11.4. The van der Waals surface area contributed by atoms with Crippen molar-refractivity contribution in [3.05, 3.63) is 29.8 Å². The Morgan fingerprint density at radius 2 is 1.86 bits per heavy atom. The van der Waals surface area contributed by atoms with Gasteiger partial charge in [-0.3, -0.25) is 0 Å². The number of ether oxygens (including phenoxy) is 2. The summed E-state index contributed by atoms with van der Waals surface area (Å²) in [5, 5.41) is 2.66. The molecule has 4 nitrogen and oxygen atoms in total. The van der Waals surface area contributed by atoms with Gasteiger partial charge in [0.15, 0.2) is 0 Å². The Labute approximate surface area is 127 Å². The summed E-state index contributed by atoms with van der Waals surface area (Å²) in [6, 6.07) is 8.12. The standard InChI is InChI=1S/C17H27NO3/c1-5-6-7-14-8-10-15(11-9-14)20-13-12-18-16(19)21-17(2,3)4/h8-11H,5-7,12-13H2,1-4H3,(H,18,19). The van der Waals surface area contributed by atoms with E-state index in [9.17, 15) is 4.79 Å². The lowest BCUT2D eigenvalue weighted by Gasteiger charge is -2.19. The zero-order valence-electron chi connectivity index (χ0n) is 13.6. The molecule has 0 aliphatic rings. The number of aryl methyl sites for hydroxylation is 1. The van der Waals surface area contributed by atoms with Crippen molar-refractivity contribution in [2.75, 3.05) is 13.2 Å². The largest absolute Gasteiger partial charge is 0.492 e. The van der Waals surface area contributed by atoms with Crippen LogP contribution in [0.1, 0.15) is 46.1 Å². The van der Waals surface area contributed by atoms with Gasteiger partial charge >= 0.3 is 6.09 Å². The quantitative estimate of drug-likeness (QED) is 0.775. The highest BCUT2D eigenvalue weighted by atomic mass is 16.6. The van der Waals surface area contributed by atoms with E-state index in [1.807, 2.05) is 32.9 Å². The highest BCUT2D eigenvalue weighted by molar-refractivity contribution is 5.67. The van der Waals surface area contributed by atoms with Gasteiger partial charge in [-0.1, -0.05) is 25.5 Å². The number of amides is 1. The number of nitrogens with one attached hydrogen (secondary N) is 1. The first kappa shape index (κ1) is 17.3. The fourth-order valence-electron chi connectivity index (χ4n) is 1.77. The second-order valence-electron chi connectivity index (χ2n) is 6.02. The molecular formula is C17H27NO3. The fraction of sp³-hybridized carbons (Fsp3) is 0.588. The number of hydrogen-bond acceptors (Lipinski definition) is 3. The van der Waals surface area contributed by atoms with Crippen molar-refractivity contribution in [3.63, 3.8) is 0 Å². The monoisotopic (exact) mass is 293 g/mol. The van der Waals surface area contributed by atoms with Crippen LogP contribution in [0, 0.1) is 0 Å². The average Bonchev–Trinajstić information content (AvgIpc) is 2.41. The van der Waals surface area contributed by atoms with Crippen LogP contribution < -0.4 is 10.1 Å². The van der Waals surface area contributed by atoms with E-state index in [0.717, 1.165) is 12.2 Å². The molecule has 0 heterocycles. The van der Waals surface area contributed by atoms with Gasteiger partial charge in [-0.25, -0.2) is 4.79 Å². The second-order valence-corrected chi connectivity index (χ2v) is 6.02. The van der Waals surface area contributed by atoms with E-state index in [2.05, 4.69) is 24.4 Å². The zero-order valence-corrected chi connectivity index (χ0v) is 13.6. The predicted octanol–water partition coefficient (Wildman–Crippen LogP) is 3.93. The van der Waals surface area contributed by atoms with Crippen LogP contribution in [0.15, 0.2) is 24.3 Å². The number of carbonyl (C=O) groups excluding carboxylic acids is 1. The fourth-order valence-corrected chi connectivity index (χ4v) is 1.77. The van der Waals surface area contributed by atoms with E-state index in [1.54, 1.807) is 0 Å². The molecule has 4 heteroatoms. The third-order valence-electron chi connectivity index (χ3n) is 2.78. The molecule has 0 spiro atoms. The lowest BCUT2D eigenvalue weighted by Crippen LogP contribution is -2.34. The van der Waals surface area contributed by atoms with Crippen LogP contribution in [0.2, 0.25) is 0 Å². The molecule has 0 aromatic heterocycles. The highest BCUT2D eigenvalue weighted by Gasteiger charge is 2.15. The van der Waals surface area contributed by atoms with E-state index >= 15 is 0 Å². The van der Waals surface area contributed by atoms with Crippen molar-refractivity contribution in [1.82, 2.24) is 5.32 Å². The number of benzene rings is 1. The SMILES string of the molecule is CCCCc1ccc(OCCNC(=O)OC(C)(C)C)cc1. The molecular weight excluding hydrogens is 266 g/mol. The van der Waals surface area contributed by atoms with Crippen molar-refractivity contribution in [3.8, 4) is 5.75 Å². The molecule has 118 valence electrons. The van der Waals surface area contributed by atoms with Gasteiger partial charge in [0.2, 0.25) is 0 Å². The Morgan fingerprint density at radius 3 is 2.43 bits per heavy atom. The minimum absolute atomic E-state index is 0.416. The molecule has 1 rings (SSSR count). The Balaban J connectivity index is 2.22.